The average Bonchev–Trinajstić information content (AvgIpc) is 2.38. The minimum Gasteiger partial charge on any atom is -0.389 e. The second kappa shape index (κ2) is 5.67. The van der Waals surface area contributed by atoms with Crippen LogP contribution in [0.2, 0.25) is 0 Å². The molecule has 1 aliphatic heterocycles. The van der Waals surface area contributed by atoms with Crippen LogP contribution in [-0.2, 0) is 4.74 Å². The lowest BCUT2D eigenvalue weighted by atomic mass is 10.0. The van der Waals surface area contributed by atoms with Crippen LogP contribution in [0.1, 0.15) is 24.0 Å². The lowest BCUT2D eigenvalue weighted by Crippen LogP contribution is -2.36. The fraction of sp³-hybridized carbons (Fsp3) is 0.500. The fourth-order valence-corrected chi connectivity index (χ4v) is 2.70. The summed E-state index contributed by atoms with van der Waals surface area (Å²) in [7, 11) is 1.79. The highest BCUT2D eigenvalue weighted by molar-refractivity contribution is 7.80. The Bertz CT molecular complexity index is 439. The zero-order chi connectivity index (χ0) is 13.1. The van der Waals surface area contributed by atoms with Gasteiger partial charge in [-0.3, -0.25) is 0 Å². The van der Waals surface area contributed by atoms with Crippen molar-refractivity contribution in [3.63, 3.8) is 0 Å². The summed E-state index contributed by atoms with van der Waals surface area (Å²) in [5.74, 6) is 0. The number of piperidine rings is 1. The number of thiocarbonyl (C=S) groups is 1. The number of anilines is 1. The molecule has 18 heavy (non-hydrogen) atoms. The summed E-state index contributed by atoms with van der Waals surface area (Å²) in [6.45, 7) is 4.15. The van der Waals surface area contributed by atoms with E-state index < -0.39 is 0 Å². The van der Waals surface area contributed by atoms with Crippen molar-refractivity contribution in [2.75, 3.05) is 25.1 Å². The van der Waals surface area contributed by atoms with Crippen LogP contribution < -0.4 is 10.6 Å². The third-order valence-electron chi connectivity index (χ3n) is 3.62. The van der Waals surface area contributed by atoms with Crippen molar-refractivity contribution in [3.05, 3.63) is 29.3 Å². The Balaban J connectivity index is 2.11. The Morgan fingerprint density at radius 1 is 1.39 bits per heavy atom. The van der Waals surface area contributed by atoms with Crippen LogP contribution in [0.4, 0.5) is 5.69 Å². The highest BCUT2D eigenvalue weighted by atomic mass is 32.1. The van der Waals surface area contributed by atoms with Crippen molar-refractivity contribution in [1.29, 1.82) is 0 Å². The number of benzene rings is 1. The largest absolute Gasteiger partial charge is 0.389 e. The minimum atomic E-state index is 0.415. The van der Waals surface area contributed by atoms with Crippen LogP contribution in [0.3, 0.4) is 0 Å². The predicted octanol–water partition coefficient (Wildman–Crippen LogP) is 2.24. The molecule has 0 bridgehead atoms. The van der Waals surface area contributed by atoms with E-state index in [1.807, 2.05) is 6.07 Å². The van der Waals surface area contributed by atoms with Gasteiger partial charge in [-0.05, 0) is 43.5 Å². The van der Waals surface area contributed by atoms with Gasteiger partial charge in [0.05, 0.1) is 6.10 Å². The van der Waals surface area contributed by atoms with E-state index in [-0.39, 0.29) is 0 Å². The second-order valence-electron chi connectivity index (χ2n) is 4.79. The van der Waals surface area contributed by atoms with Crippen LogP contribution in [0, 0.1) is 6.92 Å². The molecule has 98 valence electrons. The van der Waals surface area contributed by atoms with Gasteiger partial charge in [-0.25, -0.2) is 0 Å². The summed E-state index contributed by atoms with van der Waals surface area (Å²) in [5.41, 5.74) is 9.05. The van der Waals surface area contributed by atoms with Crippen LogP contribution in [0.5, 0.6) is 0 Å². The van der Waals surface area contributed by atoms with E-state index in [0.29, 0.717) is 11.1 Å². The molecule has 0 spiro atoms. The number of ether oxygens (including phenoxy) is 1. The molecule has 0 unspecified atom stereocenters. The third-order valence-corrected chi connectivity index (χ3v) is 3.84. The number of rotatable bonds is 3. The van der Waals surface area contributed by atoms with Gasteiger partial charge in [-0.15, -0.1) is 0 Å². The van der Waals surface area contributed by atoms with E-state index >= 15 is 0 Å². The number of hydrogen-bond donors (Lipinski definition) is 1. The lowest BCUT2D eigenvalue weighted by Gasteiger charge is -2.33. The Labute approximate surface area is 114 Å². The Kier molecular flexibility index (Phi) is 4.19. The summed E-state index contributed by atoms with van der Waals surface area (Å²) >= 11 is 5.03. The maximum atomic E-state index is 5.68. The molecule has 1 saturated heterocycles. The van der Waals surface area contributed by atoms with Gasteiger partial charge in [0, 0.05) is 31.5 Å². The molecule has 0 radical (unpaired) electrons. The van der Waals surface area contributed by atoms with Crippen molar-refractivity contribution < 1.29 is 4.74 Å². The van der Waals surface area contributed by atoms with Gasteiger partial charge < -0.3 is 15.4 Å². The van der Waals surface area contributed by atoms with Crippen molar-refractivity contribution in [1.82, 2.24) is 0 Å². The molecule has 0 atom stereocenters. The number of nitrogens with two attached hydrogens (primary N) is 1. The van der Waals surface area contributed by atoms with Crippen molar-refractivity contribution in [3.8, 4) is 0 Å². The molecular formula is C14H20N2OS. The Morgan fingerprint density at radius 2 is 2.06 bits per heavy atom. The maximum absolute atomic E-state index is 5.68. The van der Waals surface area contributed by atoms with E-state index in [0.717, 1.165) is 37.1 Å². The molecule has 0 saturated carbocycles. The topological polar surface area (TPSA) is 38.5 Å². The first-order valence-corrected chi connectivity index (χ1v) is 6.71. The highest BCUT2D eigenvalue weighted by Crippen LogP contribution is 2.23. The summed E-state index contributed by atoms with van der Waals surface area (Å²) in [5, 5.41) is 0. The monoisotopic (exact) mass is 264 g/mol. The summed E-state index contributed by atoms with van der Waals surface area (Å²) in [4.78, 5) is 2.86. The van der Waals surface area contributed by atoms with Gasteiger partial charge in [0.25, 0.3) is 0 Å². The first kappa shape index (κ1) is 13.3. The molecule has 0 amide bonds. The van der Waals surface area contributed by atoms with E-state index in [9.17, 15) is 0 Å². The van der Waals surface area contributed by atoms with Crippen molar-refractivity contribution in [2.45, 2.75) is 25.9 Å². The van der Waals surface area contributed by atoms with E-state index in [1.165, 1.54) is 5.69 Å². The van der Waals surface area contributed by atoms with Gasteiger partial charge in [0.2, 0.25) is 0 Å². The molecule has 2 rings (SSSR count). The number of nitrogens with zero attached hydrogens (tertiary/aromatic N) is 1. The van der Waals surface area contributed by atoms with Crippen LogP contribution in [0.25, 0.3) is 0 Å². The smallest absolute Gasteiger partial charge is 0.104 e. The number of hydrogen-bond acceptors (Lipinski definition) is 3. The quantitative estimate of drug-likeness (QED) is 0.850. The van der Waals surface area contributed by atoms with Crippen LogP contribution in [-0.4, -0.2) is 31.3 Å². The van der Waals surface area contributed by atoms with Gasteiger partial charge in [0.1, 0.15) is 4.99 Å². The molecule has 1 fully saturated rings. The van der Waals surface area contributed by atoms with Crippen molar-refractivity contribution >= 4 is 22.9 Å². The molecule has 0 aromatic heterocycles. The lowest BCUT2D eigenvalue weighted by molar-refractivity contribution is 0.0819. The van der Waals surface area contributed by atoms with Crippen LogP contribution >= 0.6 is 12.2 Å². The zero-order valence-electron chi connectivity index (χ0n) is 11.0. The van der Waals surface area contributed by atoms with Gasteiger partial charge >= 0.3 is 0 Å². The Morgan fingerprint density at radius 3 is 2.56 bits per heavy atom. The maximum Gasteiger partial charge on any atom is 0.104 e. The standard InChI is InChI=1S/C14H20N2OS/c1-10-9-11(3-4-13(10)14(15)18)16-7-5-12(17-2)6-8-16/h3-4,9,12H,5-8H2,1-2H3,(H2,15,18). The van der Waals surface area contributed by atoms with Crippen molar-refractivity contribution in [2.24, 2.45) is 5.73 Å². The Hall–Kier alpha value is -1.13. The molecule has 1 aromatic rings. The molecule has 2 N–H and O–H groups in total. The first-order valence-electron chi connectivity index (χ1n) is 6.30. The fourth-order valence-electron chi connectivity index (χ4n) is 2.47. The SMILES string of the molecule is COC1CCN(c2ccc(C(N)=S)c(C)c2)CC1. The third kappa shape index (κ3) is 2.82. The minimum absolute atomic E-state index is 0.415. The molecule has 1 aliphatic rings. The zero-order valence-corrected chi connectivity index (χ0v) is 11.8. The normalized spacial score (nSPS) is 16.9. The second-order valence-corrected chi connectivity index (χ2v) is 5.23. The predicted molar refractivity (Wildman–Crippen MR) is 79.3 cm³/mol. The summed E-state index contributed by atoms with van der Waals surface area (Å²) in [6.07, 6.45) is 2.59. The molecule has 3 nitrogen and oxygen atoms in total. The molecule has 1 aromatic carbocycles. The molecule has 1 heterocycles. The number of aryl methyl sites for hydroxylation is 1. The number of methoxy groups -OCH3 is 1. The highest BCUT2D eigenvalue weighted by Gasteiger charge is 2.19. The van der Waals surface area contributed by atoms with E-state index in [4.69, 9.17) is 22.7 Å². The van der Waals surface area contributed by atoms with E-state index in [1.54, 1.807) is 7.11 Å². The van der Waals surface area contributed by atoms with Gasteiger partial charge in [-0.2, -0.15) is 0 Å². The van der Waals surface area contributed by atoms with E-state index in [2.05, 4.69) is 24.0 Å². The summed E-state index contributed by atoms with van der Waals surface area (Å²) < 4.78 is 5.39. The molecule has 4 heteroatoms. The average molecular weight is 264 g/mol. The van der Waals surface area contributed by atoms with Gasteiger partial charge in [0.15, 0.2) is 0 Å². The molecular weight excluding hydrogens is 244 g/mol. The molecule has 0 aliphatic carbocycles. The summed E-state index contributed by atoms with van der Waals surface area (Å²) in [6, 6.07) is 6.30. The van der Waals surface area contributed by atoms with Crippen LogP contribution in [0.15, 0.2) is 18.2 Å². The van der Waals surface area contributed by atoms with Gasteiger partial charge in [-0.1, -0.05) is 12.2 Å². The first-order chi connectivity index (χ1) is 8.61.